The molecule has 0 saturated carbocycles. The first-order valence-corrected chi connectivity index (χ1v) is 30.3. The van der Waals surface area contributed by atoms with Crippen molar-refractivity contribution in [2.75, 3.05) is 13.2 Å². The summed E-state index contributed by atoms with van der Waals surface area (Å²) in [7, 11) is 0. The number of hydrogen-bond donors (Lipinski definition) is 0. The fraction of sp³-hybridized carbons (Fsp3) is 0.887. The van der Waals surface area contributed by atoms with Gasteiger partial charge in [-0.1, -0.05) is 289 Å². The van der Waals surface area contributed by atoms with Gasteiger partial charge in [-0.15, -0.1) is 0 Å². The van der Waals surface area contributed by atoms with Crippen LogP contribution in [-0.2, 0) is 28.6 Å². The molecule has 0 spiro atoms. The van der Waals surface area contributed by atoms with E-state index in [0.29, 0.717) is 19.3 Å². The van der Waals surface area contributed by atoms with Crippen LogP contribution in [0.3, 0.4) is 0 Å². The van der Waals surface area contributed by atoms with Gasteiger partial charge in [0.05, 0.1) is 0 Å². The molecule has 1 atom stereocenters. The maximum Gasteiger partial charge on any atom is 0.306 e. The molecule has 0 aromatic carbocycles. The van der Waals surface area contributed by atoms with Crippen molar-refractivity contribution in [3.05, 3.63) is 24.3 Å². The van der Waals surface area contributed by atoms with Gasteiger partial charge in [-0.25, -0.2) is 0 Å². The van der Waals surface area contributed by atoms with Crippen molar-refractivity contribution in [3.8, 4) is 0 Å². The predicted octanol–water partition coefficient (Wildman–Crippen LogP) is 20.3. The standard InChI is InChI=1S/C62H116O6/c1-4-7-10-13-16-19-22-25-27-29-30-31-32-33-35-37-40-43-46-49-52-55-61(64)67-58-59(57-66-60(63)54-51-48-45-42-39-36-24-21-18-15-12-9-6-3)68-62(65)56-53-50-47-44-41-38-34-28-26-23-20-17-14-11-8-5-2/h20,23,28,34,59H,4-19,21-22,24-27,29-33,35-58H2,1-3H3/b23-20-,34-28-. The SMILES string of the molecule is CCCCCC/C=C\C/C=C\CCCCCCCC(=O)OC(COC(=O)CCCCCCCCCCCCCCC)COC(=O)CCCCCCCCCCCCCCCCCCCCCCC. The third-order valence-corrected chi connectivity index (χ3v) is 13.7. The minimum atomic E-state index is -0.774. The van der Waals surface area contributed by atoms with Crippen LogP contribution in [0.1, 0.15) is 335 Å². The van der Waals surface area contributed by atoms with E-state index in [1.54, 1.807) is 0 Å². The average Bonchev–Trinajstić information content (AvgIpc) is 3.34. The highest BCUT2D eigenvalue weighted by molar-refractivity contribution is 5.71. The quantitative estimate of drug-likeness (QED) is 0.0262. The van der Waals surface area contributed by atoms with E-state index in [2.05, 4.69) is 45.1 Å². The number of carbonyl (C=O) groups is 3. The molecule has 0 amide bonds. The molecule has 0 aromatic heterocycles. The Bertz CT molecular complexity index is 1100. The summed E-state index contributed by atoms with van der Waals surface area (Å²) in [5.41, 5.74) is 0. The van der Waals surface area contributed by atoms with Crippen LogP contribution >= 0.6 is 0 Å². The minimum absolute atomic E-state index is 0.0713. The molecule has 6 heteroatoms. The topological polar surface area (TPSA) is 78.9 Å². The van der Waals surface area contributed by atoms with Crippen LogP contribution in [0, 0.1) is 0 Å². The second-order valence-electron chi connectivity index (χ2n) is 20.6. The Labute approximate surface area is 423 Å². The van der Waals surface area contributed by atoms with Crippen LogP contribution in [0.2, 0.25) is 0 Å². The Hall–Kier alpha value is -2.11. The summed E-state index contributed by atoms with van der Waals surface area (Å²) in [4.78, 5) is 38.2. The second kappa shape index (κ2) is 57.5. The normalized spacial score (nSPS) is 12.1. The summed E-state index contributed by atoms with van der Waals surface area (Å²) in [6.07, 6.45) is 67.5. The van der Waals surface area contributed by atoms with Crippen molar-refractivity contribution >= 4 is 17.9 Å². The first-order valence-electron chi connectivity index (χ1n) is 30.3. The fourth-order valence-corrected chi connectivity index (χ4v) is 9.12. The molecule has 1 unspecified atom stereocenters. The zero-order chi connectivity index (χ0) is 49.3. The summed E-state index contributed by atoms with van der Waals surface area (Å²) in [6.45, 7) is 6.67. The van der Waals surface area contributed by atoms with Crippen LogP contribution in [0.25, 0.3) is 0 Å². The maximum absolute atomic E-state index is 12.9. The minimum Gasteiger partial charge on any atom is -0.462 e. The van der Waals surface area contributed by atoms with Gasteiger partial charge in [0.15, 0.2) is 6.10 Å². The van der Waals surface area contributed by atoms with Crippen molar-refractivity contribution in [3.63, 3.8) is 0 Å². The number of allylic oxidation sites excluding steroid dienone is 4. The van der Waals surface area contributed by atoms with E-state index in [-0.39, 0.29) is 31.1 Å². The lowest BCUT2D eigenvalue weighted by Crippen LogP contribution is -2.30. The highest BCUT2D eigenvalue weighted by Gasteiger charge is 2.19. The average molecular weight is 958 g/mol. The summed E-state index contributed by atoms with van der Waals surface area (Å²) in [5, 5.41) is 0. The Balaban J connectivity index is 4.29. The number of rotatable bonds is 56. The summed E-state index contributed by atoms with van der Waals surface area (Å²) < 4.78 is 16.9. The molecule has 0 saturated heterocycles. The molecule has 0 aliphatic heterocycles. The van der Waals surface area contributed by atoms with Gasteiger partial charge in [-0.3, -0.25) is 14.4 Å². The molecule has 0 aliphatic rings. The lowest BCUT2D eigenvalue weighted by atomic mass is 10.0. The fourth-order valence-electron chi connectivity index (χ4n) is 9.12. The van der Waals surface area contributed by atoms with Crippen LogP contribution in [0.5, 0.6) is 0 Å². The lowest BCUT2D eigenvalue weighted by molar-refractivity contribution is -0.167. The Morgan fingerprint density at radius 3 is 0.824 bits per heavy atom. The third-order valence-electron chi connectivity index (χ3n) is 13.7. The molecule has 68 heavy (non-hydrogen) atoms. The van der Waals surface area contributed by atoms with E-state index in [9.17, 15) is 14.4 Å². The zero-order valence-electron chi connectivity index (χ0n) is 45.9. The van der Waals surface area contributed by atoms with E-state index < -0.39 is 6.10 Å². The van der Waals surface area contributed by atoms with Gasteiger partial charge >= 0.3 is 17.9 Å². The molecule has 400 valence electrons. The molecule has 0 fully saturated rings. The molecule has 0 aliphatic carbocycles. The molecular weight excluding hydrogens is 841 g/mol. The monoisotopic (exact) mass is 957 g/mol. The third kappa shape index (κ3) is 54.8. The first-order chi connectivity index (χ1) is 33.5. The van der Waals surface area contributed by atoms with Crippen molar-refractivity contribution in [1.29, 1.82) is 0 Å². The van der Waals surface area contributed by atoms with Crippen molar-refractivity contribution in [2.45, 2.75) is 341 Å². The molecule has 0 radical (unpaired) electrons. The van der Waals surface area contributed by atoms with Gasteiger partial charge < -0.3 is 14.2 Å². The number of hydrogen-bond acceptors (Lipinski definition) is 6. The van der Waals surface area contributed by atoms with Crippen molar-refractivity contribution < 1.29 is 28.6 Å². The Morgan fingerprint density at radius 1 is 0.294 bits per heavy atom. The highest BCUT2D eigenvalue weighted by atomic mass is 16.6. The number of ether oxygens (including phenoxy) is 3. The van der Waals surface area contributed by atoms with Crippen molar-refractivity contribution in [2.24, 2.45) is 0 Å². The zero-order valence-corrected chi connectivity index (χ0v) is 45.9. The van der Waals surface area contributed by atoms with E-state index >= 15 is 0 Å². The van der Waals surface area contributed by atoms with Gasteiger partial charge in [0.25, 0.3) is 0 Å². The highest BCUT2D eigenvalue weighted by Crippen LogP contribution is 2.17. The van der Waals surface area contributed by atoms with Gasteiger partial charge in [-0.2, -0.15) is 0 Å². The van der Waals surface area contributed by atoms with E-state index in [1.165, 1.54) is 218 Å². The van der Waals surface area contributed by atoms with Gasteiger partial charge in [0.1, 0.15) is 13.2 Å². The smallest absolute Gasteiger partial charge is 0.306 e. The first kappa shape index (κ1) is 65.9. The van der Waals surface area contributed by atoms with E-state index in [4.69, 9.17) is 14.2 Å². The van der Waals surface area contributed by atoms with Crippen LogP contribution in [0.4, 0.5) is 0 Å². The molecule has 0 heterocycles. The van der Waals surface area contributed by atoms with Crippen LogP contribution in [0.15, 0.2) is 24.3 Å². The van der Waals surface area contributed by atoms with Crippen LogP contribution < -0.4 is 0 Å². The lowest BCUT2D eigenvalue weighted by Gasteiger charge is -2.18. The van der Waals surface area contributed by atoms with Crippen molar-refractivity contribution in [1.82, 2.24) is 0 Å². The Morgan fingerprint density at radius 2 is 0.529 bits per heavy atom. The van der Waals surface area contributed by atoms with Crippen LogP contribution in [-0.4, -0.2) is 37.2 Å². The molecule has 0 N–H and O–H groups in total. The second-order valence-corrected chi connectivity index (χ2v) is 20.6. The number of esters is 3. The molecule has 0 aromatic rings. The molecule has 0 bridgehead atoms. The molecule has 6 nitrogen and oxygen atoms in total. The number of carbonyl (C=O) groups excluding carboxylic acids is 3. The van der Waals surface area contributed by atoms with Gasteiger partial charge in [-0.05, 0) is 51.4 Å². The Kier molecular flexibility index (Phi) is 55.7. The molecular formula is C62H116O6. The summed E-state index contributed by atoms with van der Waals surface area (Å²) >= 11 is 0. The summed E-state index contributed by atoms with van der Waals surface area (Å²) in [6, 6.07) is 0. The van der Waals surface area contributed by atoms with E-state index in [1.807, 2.05) is 0 Å². The predicted molar refractivity (Wildman–Crippen MR) is 293 cm³/mol. The number of unbranched alkanes of at least 4 members (excludes halogenated alkanes) is 41. The van der Waals surface area contributed by atoms with E-state index in [0.717, 1.165) is 77.0 Å². The van der Waals surface area contributed by atoms with Gasteiger partial charge in [0, 0.05) is 19.3 Å². The maximum atomic E-state index is 12.9. The molecule has 0 rings (SSSR count). The summed E-state index contributed by atoms with van der Waals surface area (Å²) in [5.74, 6) is -0.861. The largest absolute Gasteiger partial charge is 0.462 e. The van der Waals surface area contributed by atoms with Gasteiger partial charge in [0.2, 0.25) is 0 Å².